The lowest BCUT2D eigenvalue weighted by Gasteiger charge is -2.16. The fourth-order valence-corrected chi connectivity index (χ4v) is 2.45. The van der Waals surface area contributed by atoms with Gasteiger partial charge in [-0.2, -0.15) is 0 Å². The van der Waals surface area contributed by atoms with E-state index in [9.17, 15) is 4.79 Å². The molecule has 0 bridgehead atoms. The summed E-state index contributed by atoms with van der Waals surface area (Å²) < 4.78 is 1.84. The van der Waals surface area contributed by atoms with E-state index in [0.29, 0.717) is 6.54 Å². The molecule has 18 heavy (non-hydrogen) atoms. The highest BCUT2D eigenvalue weighted by atomic mass is 79.9. The number of amides is 1. The lowest BCUT2D eigenvalue weighted by molar-refractivity contribution is -0.123. The molecule has 1 heterocycles. The molecule has 1 unspecified atom stereocenters. The van der Waals surface area contributed by atoms with Crippen molar-refractivity contribution in [3.05, 3.63) is 26.9 Å². The monoisotopic (exact) mass is 377 g/mol. The molecule has 1 amide bonds. The van der Waals surface area contributed by atoms with E-state index in [4.69, 9.17) is 0 Å². The van der Waals surface area contributed by atoms with Crippen LogP contribution in [0, 0.1) is 0 Å². The van der Waals surface area contributed by atoms with Gasteiger partial charge in [0.15, 0.2) is 0 Å². The van der Waals surface area contributed by atoms with Gasteiger partial charge in [0.25, 0.3) is 0 Å². The van der Waals surface area contributed by atoms with E-state index in [1.54, 1.807) is 6.20 Å². The largest absolute Gasteiger partial charge is 0.353 e. The van der Waals surface area contributed by atoms with Crippen molar-refractivity contribution in [3.63, 3.8) is 0 Å². The molecule has 0 aliphatic heterocycles. The van der Waals surface area contributed by atoms with E-state index in [2.05, 4.69) is 47.5 Å². The van der Waals surface area contributed by atoms with E-state index < -0.39 is 0 Å². The molecule has 1 rings (SSSR count). The third-order valence-corrected chi connectivity index (χ3v) is 3.40. The average molecular weight is 379 g/mol. The molecule has 6 heteroatoms. The van der Waals surface area contributed by atoms with E-state index in [1.807, 2.05) is 26.8 Å². The maximum Gasteiger partial charge on any atom is 0.237 e. The number of nitrogens with zero attached hydrogens (tertiary/aromatic N) is 1. The van der Waals surface area contributed by atoms with Gasteiger partial charge in [0.1, 0.15) is 0 Å². The number of hydrogen-bond acceptors (Lipinski definition) is 3. The van der Waals surface area contributed by atoms with Gasteiger partial charge in [-0.05, 0) is 58.7 Å². The Labute approximate surface area is 124 Å². The Bertz CT molecular complexity index is 424. The second-order valence-corrected chi connectivity index (χ2v) is 6.12. The Balaban J connectivity index is 2.52. The van der Waals surface area contributed by atoms with E-state index in [1.165, 1.54) is 0 Å². The molecule has 0 saturated heterocycles. The number of aromatic nitrogens is 1. The van der Waals surface area contributed by atoms with Gasteiger partial charge in [-0.15, -0.1) is 0 Å². The van der Waals surface area contributed by atoms with Crippen LogP contribution in [0.15, 0.2) is 21.2 Å². The summed E-state index contributed by atoms with van der Waals surface area (Å²) in [7, 11) is 0. The van der Waals surface area contributed by atoms with Crippen molar-refractivity contribution in [1.82, 2.24) is 15.6 Å². The van der Waals surface area contributed by atoms with Crippen molar-refractivity contribution in [2.75, 3.05) is 0 Å². The Kier molecular flexibility index (Phi) is 6.25. The number of nitrogens with one attached hydrogen (secondary N) is 2. The van der Waals surface area contributed by atoms with Gasteiger partial charge in [-0.3, -0.25) is 9.78 Å². The minimum atomic E-state index is -0.246. The van der Waals surface area contributed by atoms with Crippen LogP contribution in [0.4, 0.5) is 0 Å². The fraction of sp³-hybridized carbons (Fsp3) is 0.500. The van der Waals surface area contributed by atoms with Crippen LogP contribution >= 0.6 is 31.9 Å². The highest BCUT2D eigenvalue weighted by molar-refractivity contribution is 9.11. The van der Waals surface area contributed by atoms with Crippen molar-refractivity contribution >= 4 is 37.8 Å². The van der Waals surface area contributed by atoms with Crippen molar-refractivity contribution in [3.8, 4) is 0 Å². The summed E-state index contributed by atoms with van der Waals surface area (Å²) >= 11 is 6.79. The van der Waals surface area contributed by atoms with Crippen LogP contribution in [-0.4, -0.2) is 23.0 Å². The molecule has 1 atom stereocenters. The first-order valence-electron chi connectivity index (χ1n) is 5.74. The molecule has 0 radical (unpaired) electrons. The Morgan fingerprint density at radius 3 is 2.61 bits per heavy atom. The number of hydrogen-bond donors (Lipinski definition) is 2. The molecule has 0 spiro atoms. The zero-order chi connectivity index (χ0) is 13.7. The summed E-state index contributed by atoms with van der Waals surface area (Å²) in [4.78, 5) is 16.0. The predicted octanol–water partition coefficient (Wildman–Crippen LogP) is 2.61. The van der Waals surface area contributed by atoms with Gasteiger partial charge in [-0.1, -0.05) is 0 Å². The van der Waals surface area contributed by atoms with E-state index in [0.717, 1.165) is 14.6 Å². The molecular weight excluding hydrogens is 362 g/mol. The van der Waals surface area contributed by atoms with Gasteiger partial charge >= 0.3 is 0 Å². The number of halogens is 2. The van der Waals surface area contributed by atoms with Crippen LogP contribution in [-0.2, 0) is 11.3 Å². The third-order valence-electron chi connectivity index (χ3n) is 2.28. The normalized spacial score (nSPS) is 12.6. The number of carbonyl (C=O) groups excluding carboxylic acids is 1. The van der Waals surface area contributed by atoms with E-state index in [-0.39, 0.29) is 18.0 Å². The van der Waals surface area contributed by atoms with Crippen LogP contribution in [0.1, 0.15) is 26.5 Å². The van der Waals surface area contributed by atoms with Crippen molar-refractivity contribution in [2.24, 2.45) is 0 Å². The van der Waals surface area contributed by atoms with Crippen LogP contribution in [0.3, 0.4) is 0 Å². The predicted molar refractivity (Wildman–Crippen MR) is 79.2 cm³/mol. The lowest BCUT2D eigenvalue weighted by Crippen LogP contribution is -2.44. The molecule has 100 valence electrons. The molecule has 0 saturated carbocycles. The summed E-state index contributed by atoms with van der Waals surface area (Å²) in [5.74, 6) is -0.00164. The molecule has 0 aromatic carbocycles. The molecule has 4 nitrogen and oxygen atoms in total. The van der Waals surface area contributed by atoms with Crippen LogP contribution < -0.4 is 10.6 Å². The summed E-state index contributed by atoms with van der Waals surface area (Å²) in [5.41, 5.74) is 0.877. The Morgan fingerprint density at radius 2 is 2.06 bits per heavy atom. The van der Waals surface area contributed by atoms with Crippen LogP contribution in [0.5, 0.6) is 0 Å². The standard InChI is InChI=1S/C12H17Br2N3O/c1-7(2)17-12(18)8(3)15-6-11-10(14)4-9(13)5-16-11/h4-5,7-8,15H,6H2,1-3H3,(H,17,18). The third kappa shape index (κ3) is 5.04. The topological polar surface area (TPSA) is 54.0 Å². The molecule has 0 aliphatic rings. The second-order valence-electron chi connectivity index (χ2n) is 4.35. The summed E-state index contributed by atoms with van der Waals surface area (Å²) in [6.45, 7) is 6.26. The van der Waals surface area contributed by atoms with Crippen molar-refractivity contribution < 1.29 is 4.79 Å². The minimum Gasteiger partial charge on any atom is -0.353 e. The highest BCUT2D eigenvalue weighted by Crippen LogP contribution is 2.19. The molecule has 0 fully saturated rings. The minimum absolute atomic E-state index is 0.00164. The quantitative estimate of drug-likeness (QED) is 0.827. The number of rotatable bonds is 5. The molecule has 1 aromatic rings. The van der Waals surface area contributed by atoms with Crippen LogP contribution in [0.25, 0.3) is 0 Å². The smallest absolute Gasteiger partial charge is 0.237 e. The molecular formula is C12H17Br2N3O. The summed E-state index contributed by atoms with van der Waals surface area (Å²) in [6, 6.07) is 1.84. The first-order valence-corrected chi connectivity index (χ1v) is 7.32. The Hall–Kier alpha value is -0.460. The average Bonchev–Trinajstić information content (AvgIpc) is 2.26. The van der Waals surface area contributed by atoms with Gasteiger partial charge in [0.2, 0.25) is 5.91 Å². The fourth-order valence-electron chi connectivity index (χ4n) is 1.32. The molecule has 1 aromatic heterocycles. The highest BCUT2D eigenvalue weighted by Gasteiger charge is 2.13. The van der Waals surface area contributed by atoms with Gasteiger partial charge < -0.3 is 10.6 Å². The van der Waals surface area contributed by atoms with E-state index >= 15 is 0 Å². The number of carbonyl (C=O) groups is 1. The van der Waals surface area contributed by atoms with Gasteiger partial charge in [0, 0.05) is 27.7 Å². The zero-order valence-electron chi connectivity index (χ0n) is 10.6. The Morgan fingerprint density at radius 1 is 1.39 bits per heavy atom. The maximum absolute atomic E-state index is 11.7. The number of pyridine rings is 1. The summed E-state index contributed by atoms with van der Waals surface area (Å²) in [5, 5.41) is 6.01. The first kappa shape index (κ1) is 15.6. The van der Waals surface area contributed by atoms with Crippen molar-refractivity contribution in [2.45, 2.75) is 39.4 Å². The van der Waals surface area contributed by atoms with Gasteiger partial charge in [0.05, 0.1) is 11.7 Å². The van der Waals surface area contributed by atoms with Crippen LogP contribution in [0.2, 0.25) is 0 Å². The lowest BCUT2D eigenvalue weighted by atomic mass is 10.2. The SMILES string of the molecule is CC(C)NC(=O)C(C)NCc1ncc(Br)cc1Br. The van der Waals surface area contributed by atoms with Gasteiger partial charge in [-0.25, -0.2) is 0 Å². The molecule has 0 aliphatic carbocycles. The first-order chi connectivity index (χ1) is 8.40. The van der Waals surface area contributed by atoms with Crippen molar-refractivity contribution in [1.29, 1.82) is 0 Å². The second kappa shape index (κ2) is 7.21. The summed E-state index contributed by atoms with van der Waals surface area (Å²) in [6.07, 6.45) is 1.74. The maximum atomic E-state index is 11.7. The zero-order valence-corrected chi connectivity index (χ0v) is 13.8. The molecule has 2 N–H and O–H groups in total.